The maximum Gasteiger partial charge on any atom is 0.227 e. The van der Waals surface area contributed by atoms with Gasteiger partial charge in [-0.3, -0.25) is 19.7 Å². The van der Waals surface area contributed by atoms with Crippen LogP contribution in [0.4, 0.5) is 0 Å². The summed E-state index contributed by atoms with van der Waals surface area (Å²) in [6.45, 7) is 1.62. The van der Waals surface area contributed by atoms with Crippen LogP contribution in [-0.4, -0.2) is 45.3 Å². The maximum absolute atomic E-state index is 13.1. The summed E-state index contributed by atoms with van der Waals surface area (Å²) in [5.74, 6) is 0.315. The Balaban J connectivity index is 1.50. The van der Waals surface area contributed by atoms with Crippen molar-refractivity contribution >= 4 is 5.91 Å². The van der Waals surface area contributed by atoms with Gasteiger partial charge in [-0.25, -0.2) is 0 Å². The minimum atomic E-state index is 0.0781. The van der Waals surface area contributed by atoms with Gasteiger partial charge in [-0.2, -0.15) is 0 Å². The average Bonchev–Trinajstić information content (AvgIpc) is 3.25. The molecule has 25 heavy (non-hydrogen) atoms. The number of amides is 1. The average molecular weight is 336 g/mol. The van der Waals surface area contributed by atoms with Crippen LogP contribution >= 0.6 is 0 Å². The van der Waals surface area contributed by atoms with E-state index in [0.717, 1.165) is 25.1 Å². The molecule has 1 aromatic heterocycles. The Bertz CT molecular complexity index is 721. The molecule has 0 unspecified atom stereocenters. The Morgan fingerprint density at radius 2 is 2.12 bits per heavy atom. The molecule has 1 amide bonds. The molecule has 3 atom stereocenters. The molecule has 2 aliphatic rings. The Kier molecular flexibility index (Phi) is 4.49. The number of hydrogen-bond acceptors (Lipinski definition) is 4. The number of aromatic nitrogens is 2. The molecule has 0 radical (unpaired) electrons. The lowest BCUT2D eigenvalue weighted by molar-refractivity contribution is -0.135. The van der Waals surface area contributed by atoms with Crippen molar-refractivity contribution in [2.75, 3.05) is 13.6 Å². The van der Waals surface area contributed by atoms with Gasteiger partial charge in [0.1, 0.15) is 0 Å². The fourth-order valence-electron chi connectivity index (χ4n) is 4.45. The second-order valence-corrected chi connectivity index (χ2v) is 7.11. The van der Waals surface area contributed by atoms with Gasteiger partial charge in [0.15, 0.2) is 0 Å². The van der Waals surface area contributed by atoms with E-state index in [1.54, 1.807) is 18.6 Å². The molecular weight excluding hydrogens is 312 g/mol. The van der Waals surface area contributed by atoms with Crippen molar-refractivity contribution in [3.8, 4) is 0 Å². The highest BCUT2D eigenvalue weighted by molar-refractivity contribution is 5.80. The van der Waals surface area contributed by atoms with Crippen LogP contribution in [0.15, 0.2) is 48.9 Å². The van der Waals surface area contributed by atoms with Crippen LogP contribution in [0.25, 0.3) is 0 Å². The van der Waals surface area contributed by atoms with Crippen LogP contribution in [0.2, 0.25) is 0 Å². The SMILES string of the molecule is CN(Cc1cnccn1)C(=O)[C@@H]1C[C@H](c2ccccc2)N2CCC[C@@H]12. The number of benzene rings is 1. The van der Waals surface area contributed by atoms with Crippen LogP contribution in [0.3, 0.4) is 0 Å². The van der Waals surface area contributed by atoms with Crippen molar-refractivity contribution < 1.29 is 4.79 Å². The first kappa shape index (κ1) is 16.2. The maximum atomic E-state index is 13.1. The fraction of sp³-hybridized carbons (Fsp3) is 0.450. The van der Waals surface area contributed by atoms with Crippen molar-refractivity contribution in [1.82, 2.24) is 19.8 Å². The molecule has 0 saturated carbocycles. The number of rotatable bonds is 4. The predicted octanol–water partition coefficient (Wildman–Crippen LogP) is 2.66. The summed E-state index contributed by atoms with van der Waals surface area (Å²) in [6.07, 6.45) is 8.28. The first-order chi connectivity index (χ1) is 12.2. The molecule has 1 aromatic carbocycles. The Hall–Kier alpha value is -2.27. The number of nitrogens with zero attached hydrogens (tertiary/aromatic N) is 4. The van der Waals surface area contributed by atoms with E-state index < -0.39 is 0 Å². The zero-order valence-corrected chi connectivity index (χ0v) is 14.6. The molecule has 5 heteroatoms. The van der Waals surface area contributed by atoms with Gasteiger partial charge in [-0.15, -0.1) is 0 Å². The van der Waals surface area contributed by atoms with Crippen molar-refractivity contribution in [2.45, 2.75) is 37.9 Å². The summed E-state index contributed by atoms with van der Waals surface area (Å²) in [5, 5.41) is 0. The number of hydrogen-bond donors (Lipinski definition) is 0. The lowest BCUT2D eigenvalue weighted by atomic mass is 9.93. The van der Waals surface area contributed by atoms with E-state index in [0.29, 0.717) is 18.6 Å². The third kappa shape index (κ3) is 3.16. The lowest BCUT2D eigenvalue weighted by Crippen LogP contribution is -2.38. The molecule has 2 saturated heterocycles. The second kappa shape index (κ2) is 6.92. The highest BCUT2D eigenvalue weighted by Gasteiger charge is 2.47. The third-order valence-corrected chi connectivity index (χ3v) is 5.58. The van der Waals surface area contributed by atoms with Crippen LogP contribution in [0, 0.1) is 5.92 Å². The van der Waals surface area contributed by atoms with Gasteiger partial charge < -0.3 is 4.90 Å². The minimum Gasteiger partial charge on any atom is -0.340 e. The smallest absolute Gasteiger partial charge is 0.227 e. The number of carbonyl (C=O) groups excluding carboxylic acids is 1. The molecule has 0 aliphatic carbocycles. The molecule has 0 N–H and O–H groups in total. The van der Waals surface area contributed by atoms with Crippen molar-refractivity contribution in [1.29, 1.82) is 0 Å². The zero-order chi connectivity index (χ0) is 17.2. The molecule has 130 valence electrons. The molecule has 4 rings (SSSR count). The first-order valence-electron chi connectivity index (χ1n) is 9.04. The van der Waals surface area contributed by atoms with E-state index in [1.165, 1.54) is 12.0 Å². The van der Waals surface area contributed by atoms with Crippen molar-refractivity contribution in [3.63, 3.8) is 0 Å². The highest BCUT2D eigenvalue weighted by atomic mass is 16.2. The van der Waals surface area contributed by atoms with Crippen molar-refractivity contribution in [3.05, 3.63) is 60.2 Å². The lowest BCUT2D eigenvalue weighted by Gasteiger charge is -2.26. The highest BCUT2D eigenvalue weighted by Crippen LogP contribution is 2.45. The molecule has 2 fully saturated rings. The van der Waals surface area contributed by atoms with E-state index >= 15 is 0 Å². The largest absolute Gasteiger partial charge is 0.340 e. The second-order valence-electron chi connectivity index (χ2n) is 7.11. The summed E-state index contributed by atoms with van der Waals surface area (Å²) in [7, 11) is 1.88. The van der Waals surface area contributed by atoms with E-state index in [9.17, 15) is 4.79 Å². The van der Waals surface area contributed by atoms with Crippen LogP contribution in [0.1, 0.15) is 36.6 Å². The van der Waals surface area contributed by atoms with Crippen molar-refractivity contribution in [2.24, 2.45) is 5.92 Å². The molecular formula is C20H24N4O. The fourth-order valence-corrected chi connectivity index (χ4v) is 4.45. The molecule has 0 spiro atoms. The standard InChI is InChI=1S/C20H24N4O/c1-23(14-16-13-21-9-10-22-16)20(25)17-12-19(15-6-3-2-4-7-15)24-11-5-8-18(17)24/h2-4,6-7,9-10,13,17-19H,5,8,11-12,14H2,1H3/t17-,18+,19-/m1/s1. The molecule has 0 bridgehead atoms. The quantitative estimate of drug-likeness (QED) is 0.861. The molecule has 3 heterocycles. The van der Waals surface area contributed by atoms with Gasteiger partial charge in [0.2, 0.25) is 5.91 Å². The Labute approximate surface area is 148 Å². The van der Waals surface area contributed by atoms with Gasteiger partial charge >= 0.3 is 0 Å². The summed E-state index contributed by atoms with van der Waals surface area (Å²) in [5.41, 5.74) is 2.17. The topological polar surface area (TPSA) is 49.3 Å². The van der Waals surface area contributed by atoms with Gasteiger partial charge in [0.25, 0.3) is 0 Å². The summed E-state index contributed by atoms with van der Waals surface area (Å²) < 4.78 is 0. The Morgan fingerprint density at radius 1 is 1.28 bits per heavy atom. The number of carbonyl (C=O) groups is 1. The molecule has 2 aromatic rings. The molecule has 5 nitrogen and oxygen atoms in total. The summed E-state index contributed by atoms with van der Waals surface area (Å²) in [4.78, 5) is 25.9. The van der Waals surface area contributed by atoms with E-state index in [2.05, 4.69) is 45.2 Å². The van der Waals surface area contributed by atoms with Crippen LogP contribution in [0.5, 0.6) is 0 Å². The Morgan fingerprint density at radius 3 is 2.88 bits per heavy atom. The number of fused-ring (bicyclic) bond motifs is 1. The van der Waals surface area contributed by atoms with E-state index in [-0.39, 0.29) is 11.8 Å². The van der Waals surface area contributed by atoms with Gasteiger partial charge in [0, 0.05) is 31.5 Å². The van der Waals surface area contributed by atoms with E-state index in [1.807, 2.05) is 11.9 Å². The van der Waals surface area contributed by atoms with Crippen LogP contribution < -0.4 is 0 Å². The predicted molar refractivity (Wildman–Crippen MR) is 95.5 cm³/mol. The van der Waals surface area contributed by atoms with E-state index in [4.69, 9.17) is 0 Å². The normalized spacial score (nSPS) is 25.7. The van der Waals surface area contributed by atoms with Gasteiger partial charge in [-0.1, -0.05) is 30.3 Å². The zero-order valence-electron chi connectivity index (χ0n) is 14.6. The summed E-state index contributed by atoms with van der Waals surface area (Å²) in [6, 6.07) is 11.4. The van der Waals surface area contributed by atoms with Gasteiger partial charge in [-0.05, 0) is 31.4 Å². The molecule has 2 aliphatic heterocycles. The third-order valence-electron chi connectivity index (χ3n) is 5.58. The summed E-state index contributed by atoms with van der Waals surface area (Å²) >= 11 is 0. The monoisotopic (exact) mass is 336 g/mol. The van der Waals surface area contributed by atoms with Crippen LogP contribution in [-0.2, 0) is 11.3 Å². The first-order valence-corrected chi connectivity index (χ1v) is 9.04. The van der Waals surface area contributed by atoms with Gasteiger partial charge in [0.05, 0.1) is 24.4 Å². The minimum absolute atomic E-state index is 0.0781.